The molecule has 1 atom stereocenters. The summed E-state index contributed by atoms with van der Waals surface area (Å²) in [6, 6.07) is 9.07. The second-order valence-corrected chi connectivity index (χ2v) is 5.86. The average molecular weight is 302 g/mol. The minimum atomic E-state index is 0. The summed E-state index contributed by atoms with van der Waals surface area (Å²) in [5.41, 5.74) is 4.87. The van der Waals surface area contributed by atoms with E-state index in [0.717, 1.165) is 5.69 Å². The minimum Gasteiger partial charge on any atom is -0.353 e. The number of para-hydroxylation sites is 1. The number of rotatable bonds is 1. The molecule has 0 bridgehead atoms. The SMILES string of the molecule is Cc1ncc([C@@H]2CCCN2C)c2c1[nH]c1ccccc12.Cl. The summed E-state index contributed by atoms with van der Waals surface area (Å²) < 4.78 is 0. The molecule has 1 saturated heterocycles. The molecule has 0 saturated carbocycles. The Morgan fingerprint density at radius 2 is 2.10 bits per heavy atom. The van der Waals surface area contributed by atoms with E-state index in [9.17, 15) is 0 Å². The van der Waals surface area contributed by atoms with Crippen LogP contribution in [0.3, 0.4) is 0 Å². The fourth-order valence-corrected chi connectivity index (χ4v) is 3.56. The minimum absolute atomic E-state index is 0. The van der Waals surface area contributed by atoms with E-state index in [0.29, 0.717) is 6.04 Å². The predicted molar refractivity (Wildman–Crippen MR) is 90.2 cm³/mol. The number of aromatic amines is 1. The van der Waals surface area contributed by atoms with Crippen molar-refractivity contribution >= 4 is 34.2 Å². The number of likely N-dealkylation sites (tertiary alicyclic amines) is 1. The van der Waals surface area contributed by atoms with Gasteiger partial charge in [-0.1, -0.05) is 18.2 Å². The summed E-state index contributed by atoms with van der Waals surface area (Å²) in [7, 11) is 2.22. The first-order valence-corrected chi connectivity index (χ1v) is 7.32. The molecule has 1 aliphatic rings. The summed E-state index contributed by atoms with van der Waals surface area (Å²) in [5, 5.41) is 2.69. The van der Waals surface area contributed by atoms with Crippen LogP contribution in [-0.4, -0.2) is 28.5 Å². The molecule has 21 heavy (non-hydrogen) atoms. The van der Waals surface area contributed by atoms with Crippen LogP contribution in [0.2, 0.25) is 0 Å². The van der Waals surface area contributed by atoms with Crippen molar-refractivity contribution in [2.24, 2.45) is 0 Å². The molecule has 0 spiro atoms. The number of H-pyrrole nitrogens is 1. The van der Waals surface area contributed by atoms with E-state index in [2.05, 4.69) is 59.3 Å². The van der Waals surface area contributed by atoms with E-state index in [1.165, 1.54) is 46.8 Å². The number of nitrogens with one attached hydrogen (secondary N) is 1. The van der Waals surface area contributed by atoms with E-state index >= 15 is 0 Å². The Hall–Kier alpha value is -1.58. The summed E-state index contributed by atoms with van der Waals surface area (Å²) in [6.07, 6.45) is 4.60. The first kappa shape index (κ1) is 14.4. The molecule has 1 aromatic carbocycles. The van der Waals surface area contributed by atoms with Crippen molar-refractivity contribution in [1.29, 1.82) is 0 Å². The van der Waals surface area contributed by atoms with Gasteiger partial charge in [0.05, 0.1) is 11.2 Å². The van der Waals surface area contributed by atoms with Crippen LogP contribution < -0.4 is 0 Å². The number of benzene rings is 1. The van der Waals surface area contributed by atoms with Gasteiger partial charge in [-0.3, -0.25) is 9.88 Å². The summed E-state index contributed by atoms with van der Waals surface area (Å²) >= 11 is 0. The standard InChI is InChI=1S/C17H19N3.ClH/c1-11-17-16(12-6-3-4-7-14(12)19-17)13(10-18-11)15-8-5-9-20(15)2;/h3-4,6-7,10,15,19H,5,8-9H2,1-2H3;1H/t15-;/m0./s1. The number of aromatic nitrogens is 2. The van der Waals surface area contributed by atoms with E-state index in [4.69, 9.17) is 0 Å². The highest BCUT2D eigenvalue weighted by Gasteiger charge is 2.26. The van der Waals surface area contributed by atoms with E-state index in [1.54, 1.807) is 0 Å². The highest BCUT2D eigenvalue weighted by molar-refractivity contribution is 6.09. The Balaban J connectivity index is 0.00000132. The molecule has 3 nitrogen and oxygen atoms in total. The molecule has 2 aromatic heterocycles. The fourth-order valence-electron chi connectivity index (χ4n) is 3.56. The van der Waals surface area contributed by atoms with Crippen molar-refractivity contribution in [3.05, 3.63) is 41.7 Å². The maximum atomic E-state index is 4.62. The van der Waals surface area contributed by atoms with Crippen LogP contribution >= 0.6 is 12.4 Å². The van der Waals surface area contributed by atoms with Crippen molar-refractivity contribution in [2.75, 3.05) is 13.6 Å². The lowest BCUT2D eigenvalue weighted by Crippen LogP contribution is -2.17. The number of pyridine rings is 1. The third-order valence-corrected chi connectivity index (χ3v) is 4.63. The van der Waals surface area contributed by atoms with Crippen molar-refractivity contribution in [2.45, 2.75) is 25.8 Å². The van der Waals surface area contributed by atoms with Crippen LogP contribution in [0.5, 0.6) is 0 Å². The topological polar surface area (TPSA) is 31.9 Å². The van der Waals surface area contributed by atoms with Gasteiger partial charge in [0, 0.05) is 28.5 Å². The molecule has 0 aliphatic carbocycles. The summed E-state index contributed by atoms with van der Waals surface area (Å²) in [6.45, 7) is 3.27. The van der Waals surface area contributed by atoms with Gasteiger partial charge in [0.15, 0.2) is 0 Å². The van der Waals surface area contributed by atoms with Crippen LogP contribution in [0.25, 0.3) is 21.8 Å². The molecule has 0 unspecified atom stereocenters. The Labute approximate surface area is 130 Å². The second-order valence-electron chi connectivity index (χ2n) is 5.86. The van der Waals surface area contributed by atoms with Gasteiger partial charge in [-0.2, -0.15) is 0 Å². The van der Waals surface area contributed by atoms with Crippen LogP contribution in [0.15, 0.2) is 30.5 Å². The normalized spacial score (nSPS) is 19.2. The molecule has 0 amide bonds. The number of fused-ring (bicyclic) bond motifs is 3. The van der Waals surface area contributed by atoms with Crippen molar-refractivity contribution in [3.8, 4) is 0 Å². The quantitative estimate of drug-likeness (QED) is 0.730. The molecule has 110 valence electrons. The zero-order valence-corrected chi connectivity index (χ0v) is 13.2. The lowest BCUT2D eigenvalue weighted by molar-refractivity contribution is 0.318. The highest BCUT2D eigenvalue weighted by Crippen LogP contribution is 2.38. The second kappa shape index (κ2) is 5.32. The molecule has 1 N–H and O–H groups in total. The summed E-state index contributed by atoms with van der Waals surface area (Å²) in [4.78, 5) is 10.6. The van der Waals surface area contributed by atoms with Gasteiger partial charge >= 0.3 is 0 Å². The molecule has 4 rings (SSSR count). The van der Waals surface area contributed by atoms with Crippen molar-refractivity contribution < 1.29 is 0 Å². The Morgan fingerprint density at radius 3 is 2.86 bits per heavy atom. The smallest absolute Gasteiger partial charge is 0.0684 e. The first-order chi connectivity index (χ1) is 9.75. The molecular weight excluding hydrogens is 282 g/mol. The molecule has 3 heterocycles. The largest absolute Gasteiger partial charge is 0.353 e. The Morgan fingerprint density at radius 1 is 1.29 bits per heavy atom. The number of aryl methyl sites for hydroxylation is 1. The Kier molecular flexibility index (Phi) is 3.64. The fraction of sp³-hybridized carbons (Fsp3) is 0.353. The highest BCUT2D eigenvalue weighted by atomic mass is 35.5. The predicted octanol–water partition coefficient (Wildman–Crippen LogP) is 4.21. The van der Waals surface area contributed by atoms with Gasteiger partial charge in [-0.05, 0) is 45.0 Å². The summed E-state index contributed by atoms with van der Waals surface area (Å²) in [5.74, 6) is 0. The van der Waals surface area contributed by atoms with E-state index < -0.39 is 0 Å². The van der Waals surface area contributed by atoms with Crippen molar-refractivity contribution in [3.63, 3.8) is 0 Å². The zero-order valence-electron chi connectivity index (χ0n) is 12.4. The van der Waals surface area contributed by atoms with Gasteiger partial charge in [0.25, 0.3) is 0 Å². The lowest BCUT2D eigenvalue weighted by atomic mass is 10.00. The van der Waals surface area contributed by atoms with Gasteiger partial charge in [0.2, 0.25) is 0 Å². The van der Waals surface area contributed by atoms with Gasteiger partial charge in [0.1, 0.15) is 0 Å². The number of hydrogen-bond acceptors (Lipinski definition) is 2. The average Bonchev–Trinajstić information content (AvgIpc) is 3.04. The number of hydrogen-bond donors (Lipinski definition) is 1. The molecule has 1 aliphatic heterocycles. The third-order valence-electron chi connectivity index (χ3n) is 4.63. The van der Waals surface area contributed by atoms with Gasteiger partial charge < -0.3 is 4.98 Å². The maximum Gasteiger partial charge on any atom is 0.0684 e. The number of nitrogens with zero attached hydrogens (tertiary/aromatic N) is 2. The lowest BCUT2D eigenvalue weighted by Gasteiger charge is -2.20. The molecule has 1 fully saturated rings. The molecular formula is C17H20ClN3. The Bertz CT molecular complexity index is 793. The molecule has 3 aromatic rings. The van der Waals surface area contributed by atoms with E-state index in [-0.39, 0.29) is 12.4 Å². The van der Waals surface area contributed by atoms with Crippen LogP contribution in [-0.2, 0) is 0 Å². The van der Waals surface area contributed by atoms with Crippen LogP contribution in [0, 0.1) is 6.92 Å². The first-order valence-electron chi connectivity index (χ1n) is 7.32. The van der Waals surface area contributed by atoms with Gasteiger partial charge in [-0.25, -0.2) is 0 Å². The van der Waals surface area contributed by atoms with Gasteiger partial charge in [-0.15, -0.1) is 12.4 Å². The van der Waals surface area contributed by atoms with Crippen LogP contribution in [0.1, 0.15) is 30.1 Å². The maximum absolute atomic E-state index is 4.62. The van der Waals surface area contributed by atoms with Crippen molar-refractivity contribution in [1.82, 2.24) is 14.9 Å². The van der Waals surface area contributed by atoms with Crippen LogP contribution in [0.4, 0.5) is 0 Å². The monoisotopic (exact) mass is 301 g/mol. The number of halogens is 1. The molecule has 4 heteroatoms. The van der Waals surface area contributed by atoms with E-state index in [1.807, 2.05) is 0 Å². The third kappa shape index (κ3) is 2.12. The molecule has 0 radical (unpaired) electrons. The zero-order chi connectivity index (χ0) is 13.7.